The zero-order chi connectivity index (χ0) is 13.7. The van der Waals surface area contributed by atoms with Crippen molar-refractivity contribution in [3.63, 3.8) is 0 Å². The number of amides is 1. The van der Waals surface area contributed by atoms with E-state index in [9.17, 15) is 4.79 Å². The van der Waals surface area contributed by atoms with Crippen LogP contribution in [0.3, 0.4) is 0 Å². The van der Waals surface area contributed by atoms with Crippen LogP contribution in [0, 0.1) is 0 Å². The molecule has 0 saturated carbocycles. The van der Waals surface area contributed by atoms with E-state index in [1.54, 1.807) is 18.2 Å². The highest BCUT2D eigenvalue weighted by Crippen LogP contribution is 2.28. The lowest BCUT2D eigenvalue weighted by Gasteiger charge is -2.13. The molecule has 2 N–H and O–H groups in total. The molecule has 0 aromatic heterocycles. The van der Waals surface area contributed by atoms with Crippen molar-refractivity contribution in [1.29, 1.82) is 0 Å². The predicted octanol–water partition coefficient (Wildman–Crippen LogP) is 4.43. The molecule has 98 valence electrons. The van der Waals surface area contributed by atoms with Gasteiger partial charge in [-0.3, -0.25) is 4.79 Å². The molecule has 0 spiro atoms. The van der Waals surface area contributed by atoms with Gasteiger partial charge in [-0.2, -0.15) is 0 Å². The molecule has 1 amide bonds. The fraction of sp³-hybridized carbons (Fsp3) is 0.133. The molecular weight excluding hydrogens is 260 g/mol. The molecule has 2 aromatic carbocycles. The first-order chi connectivity index (χ1) is 9.19. The van der Waals surface area contributed by atoms with E-state index < -0.39 is 0 Å². The molecule has 0 heterocycles. The van der Waals surface area contributed by atoms with Crippen LogP contribution >= 0.6 is 11.6 Å². The molecule has 0 saturated heterocycles. The third-order valence-corrected chi connectivity index (χ3v) is 2.86. The van der Waals surface area contributed by atoms with E-state index in [4.69, 9.17) is 11.6 Å². The van der Waals surface area contributed by atoms with Crippen molar-refractivity contribution in [2.45, 2.75) is 13.3 Å². The maximum atomic E-state index is 11.5. The molecule has 3 nitrogen and oxygen atoms in total. The maximum Gasteiger partial charge on any atom is 0.224 e. The Morgan fingerprint density at radius 2 is 1.84 bits per heavy atom. The van der Waals surface area contributed by atoms with E-state index in [0.717, 1.165) is 17.1 Å². The number of hydrogen-bond donors (Lipinski definition) is 2. The number of hydrogen-bond acceptors (Lipinski definition) is 2. The number of para-hydroxylation sites is 1. The monoisotopic (exact) mass is 274 g/mol. The zero-order valence-electron chi connectivity index (χ0n) is 10.6. The van der Waals surface area contributed by atoms with Gasteiger partial charge < -0.3 is 10.6 Å². The average Bonchev–Trinajstić information content (AvgIpc) is 2.43. The van der Waals surface area contributed by atoms with Gasteiger partial charge in [0.25, 0.3) is 0 Å². The number of halogens is 1. The van der Waals surface area contributed by atoms with Gasteiger partial charge in [0, 0.05) is 17.1 Å². The highest BCUT2D eigenvalue weighted by atomic mass is 35.5. The topological polar surface area (TPSA) is 41.1 Å². The SMILES string of the molecule is CCC(=O)Nc1ccc(Cl)cc1Nc1ccccc1. The zero-order valence-corrected chi connectivity index (χ0v) is 11.4. The summed E-state index contributed by atoms with van der Waals surface area (Å²) in [6, 6.07) is 15.1. The van der Waals surface area contributed by atoms with E-state index >= 15 is 0 Å². The van der Waals surface area contributed by atoms with Crippen molar-refractivity contribution in [3.8, 4) is 0 Å². The average molecular weight is 275 g/mol. The molecule has 2 aromatic rings. The van der Waals surface area contributed by atoms with Crippen molar-refractivity contribution in [2.75, 3.05) is 10.6 Å². The van der Waals surface area contributed by atoms with Crippen LogP contribution in [0.5, 0.6) is 0 Å². The molecule has 19 heavy (non-hydrogen) atoms. The van der Waals surface area contributed by atoms with Gasteiger partial charge in [-0.25, -0.2) is 0 Å². The van der Waals surface area contributed by atoms with Gasteiger partial charge in [0.05, 0.1) is 11.4 Å². The van der Waals surface area contributed by atoms with Crippen LogP contribution in [0.15, 0.2) is 48.5 Å². The third kappa shape index (κ3) is 3.73. The predicted molar refractivity (Wildman–Crippen MR) is 80.1 cm³/mol. The van der Waals surface area contributed by atoms with Crippen LogP contribution < -0.4 is 10.6 Å². The summed E-state index contributed by atoms with van der Waals surface area (Å²) in [6.45, 7) is 1.82. The molecule has 0 radical (unpaired) electrons. The van der Waals surface area contributed by atoms with Gasteiger partial charge >= 0.3 is 0 Å². The molecular formula is C15H15ClN2O. The standard InChI is InChI=1S/C15H15ClN2O/c1-2-15(19)18-13-9-8-11(16)10-14(13)17-12-6-4-3-5-7-12/h3-10,17H,2H2,1H3,(H,18,19). The fourth-order valence-corrected chi connectivity index (χ4v) is 1.82. The normalized spacial score (nSPS) is 10.0. The van der Waals surface area contributed by atoms with E-state index in [-0.39, 0.29) is 5.91 Å². The number of carbonyl (C=O) groups is 1. The summed E-state index contributed by atoms with van der Waals surface area (Å²) in [5, 5.41) is 6.71. The van der Waals surface area contributed by atoms with Gasteiger partial charge in [-0.15, -0.1) is 0 Å². The van der Waals surface area contributed by atoms with Gasteiger partial charge in [-0.05, 0) is 30.3 Å². The lowest BCUT2D eigenvalue weighted by molar-refractivity contribution is -0.115. The van der Waals surface area contributed by atoms with Crippen molar-refractivity contribution in [1.82, 2.24) is 0 Å². The molecule has 0 unspecified atom stereocenters. The Morgan fingerprint density at radius 3 is 2.53 bits per heavy atom. The summed E-state index contributed by atoms with van der Waals surface area (Å²) < 4.78 is 0. The van der Waals surface area contributed by atoms with Crippen LogP contribution in [0.25, 0.3) is 0 Å². The smallest absolute Gasteiger partial charge is 0.224 e. The minimum atomic E-state index is -0.0292. The molecule has 0 atom stereocenters. The summed E-state index contributed by atoms with van der Waals surface area (Å²) in [6.07, 6.45) is 0.438. The van der Waals surface area contributed by atoms with Crippen LogP contribution in [-0.4, -0.2) is 5.91 Å². The molecule has 4 heteroatoms. The van der Waals surface area contributed by atoms with Gasteiger partial charge in [0.1, 0.15) is 0 Å². The number of anilines is 3. The summed E-state index contributed by atoms with van der Waals surface area (Å²) in [5.41, 5.74) is 2.44. The van der Waals surface area contributed by atoms with Crippen LogP contribution in [0.2, 0.25) is 5.02 Å². The number of nitrogens with one attached hydrogen (secondary N) is 2. The van der Waals surface area contributed by atoms with E-state index in [2.05, 4.69) is 10.6 Å². The summed E-state index contributed by atoms with van der Waals surface area (Å²) in [5.74, 6) is -0.0292. The molecule has 0 aliphatic heterocycles. The first-order valence-corrected chi connectivity index (χ1v) is 6.48. The Kier molecular flexibility index (Phi) is 4.42. The van der Waals surface area contributed by atoms with Gasteiger partial charge in [0.2, 0.25) is 5.91 Å². The minimum absolute atomic E-state index is 0.0292. The van der Waals surface area contributed by atoms with Crippen molar-refractivity contribution in [3.05, 3.63) is 53.6 Å². The second-order valence-electron chi connectivity index (χ2n) is 4.08. The maximum absolute atomic E-state index is 11.5. The second kappa shape index (κ2) is 6.25. The number of benzene rings is 2. The van der Waals surface area contributed by atoms with Crippen LogP contribution in [0.1, 0.15) is 13.3 Å². The highest BCUT2D eigenvalue weighted by Gasteiger charge is 2.06. The van der Waals surface area contributed by atoms with E-state index in [0.29, 0.717) is 11.4 Å². The second-order valence-corrected chi connectivity index (χ2v) is 4.52. The summed E-state index contributed by atoms with van der Waals surface area (Å²) in [4.78, 5) is 11.5. The molecule has 2 rings (SSSR count). The Labute approximate surface area is 117 Å². The lowest BCUT2D eigenvalue weighted by atomic mass is 10.2. The number of rotatable bonds is 4. The highest BCUT2D eigenvalue weighted by molar-refractivity contribution is 6.31. The largest absolute Gasteiger partial charge is 0.354 e. The van der Waals surface area contributed by atoms with E-state index in [1.165, 1.54) is 0 Å². The van der Waals surface area contributed by atoms with Gasteiger partial charge in [-0.1, -0.05) is 36.7 Å². The van der Waals surface area contributed by atoms with Crippen LogP contribution in [0.4, 0.5) is 17.1 Å². The Bertz CT molecular complexity index is 570. The molecule has 0 bridgehead atoms. The Morgan fingerprint density at radius 1 is 1.11 bits per heavy atom. The van der Waals surface area contributed by atoms with E-state index in [1.807, 2.05) is 37.3 Å². The Balaban J connectivity index is 2.27. The minimum Gasteiger partial charge on any atom is -0.354 e. The van der Waals surface area contributed by atoms with Crippen LogP contribution in [-0.2, 0) is 4.79 Å². The lowest BCUT2D eigenvalue weighted by Crippen LogP contribution is -2.11. The summed E-state index contributed by atoms with van der Waals surface area (Å²) >= 11 is 6.00. The fourth-order valence-electron chi connectivity index (χ4n) is 1.64. The quantitative estimate of drug-likeness (QED) is 0.866. The van der Waals surface area contributed by atoms with Crippen molar-refractivity contribution >= 4 is 34.6 Å². The Hall–Kier alpha value is -2.00. The first-order valence-electron chi connectivity index (χ1n) is 6.10. The molecule has 0 aliphatic rings. The van der Waals surface area contributed by atoms with Gasteiger partial charge in [0.15, 0.2) is 0 Å². The van der Waals surface area contributed by atoms with Crippen molar-refractivity contribution in [2.24, 2.45) is 0 Å². The number of carbonyl (C=O) groups excluding carboxylic acids is 1. The molecule has 0 aliphatic carbocycles. The summed E-state index contributed by atoms with van der Waals surface area (Å²) in [7, 11) is 0. The molecule has 0 fully saturated rings. The third-order valence-electron chi connectivity index (χ3n) is 2.63. The van der Waals surface area contributed by atoms with Crippen molar-refractivity contribution < 1.29 is 4.79 Å². The first kappa shape index (κ1) is 13.4.